The molecule has 1 heterocycles. The van der Waals surface area contributed by atoms with E-state index < -0.39 is 11.9 Å². The Hall–Kier alpha value is -1.38. The molecule has 1 rings (SSSR count). The fraction of sp³-hybridized carbons (Fsp3) is 0.400. The van der Waals surface area contributed by atoms with Gasteiger partial charge < -0.3 is 4.74 Å². The Morgan fingerprint density at radius 3 is 2.46 bits per heavy atom. The van der Waals surface area contributed by atoms with Crippen LogP contribution in [0, 0.1) is 0 Å². The first-order chi connectivity index (χ1) is 6.16. The molecular formula is C10H12O3. The van der Waals surface area contributed by atoms with Crippen LogP contribution < -0.4 is 0 Å². The number of esters is 2. The quantitative estimate of drug-likeness (QED) is 0.490. The van der Waals surface area contributed by atoms with Gasteiger partial charge in [0.25, 0.3) is 0 Å². The van der Waals surface area contributed by atoms with Crippen molar-refractivity contribution in [2.75, 3.05) is 0 Å². The number of cyclic esters (lactones) is 2. The minimum atomic E-state index is -0.533. The lowest BCUT2D eigenvalue weighted by Gasteiger charge is -1.88. The van der Waals surface area contributed by atoms with E-state index in [0.29, 0.717) is 11.1 Å². The van der Waals surface area contributed by atoms with E-state index in [1.165, 1.54) is 0 Å². The van der Waals surface area contributed by atoms with E-state index in [2.05, 4.69) is 4.74 Å². The van der Waals surface area contributed by atoms with Crippen LogP contribution in [0.25, 0.3) is 0 Å². The highest BCUT2D eigenvalue weighted by Crippen LogP contribution is 2.17. The molecule has 0 amide bonds. The zero-order chi connectivity index (χ0) is 9.84. The third kappa shape index (κ3) is 2.05. The third-order valence-electron chi connectivity index (χ3n) is 1.86. The summed E-state index contributed by atoms with van der Waals surface area (Å²) in [7, 11) is 0. The van der Waals surface area contributed by atoms with Crippen LogP contribution in [0.3, 0.4) is 0 Å². The van der Waals surface area contributed by atoms with Gasteiger partial charge in [-0.1, -0.05) is 25.5 Å². The normalized spacial score (nSPS) is 17.4. The van der Waals surface area contributed by atoms with Crippen molar-refractivity contribution in [3.8, 4) is 0 Å². The van der Waals surface area contributed by atoms with Crippen molar-refractivity contribution in [1.29, 1.82) is 0 Å². The van der Waals surface area contributed by atoms with E-state index in [4.69, 9.17) is 0 Å². The molecule has 3 nitrogen and oxygen atoms in total. The zero-order valence-electron chi connectivity index (χ0n) is 7.79. The van der Waals surface area contributed by atoms with Gasteiger partial charge in [0.1, 0.15) is 0 Å². The Labute approximate surface area is 77.1 Å². The van der Waals surface area contributed by atoms with Crippen LogP contribution in [0.15, 0.2) is 23.3 Å². The Morgan fingerprint density at radius 1 is 1.31 bits per heavy atom. The summed E-state index contributed by atoms with van der Waals surface area (Å²) in [5.74, 6) is -1.06. The van der Waals surface area contributed by atoms with Gasteiger partial charge in [-0.15, -0.1) is 0 Å². The van der Waals surface area contributed by atoms with E-state index in [9.17, 15) is 9.59 Å². The summed E-state index contributed by atoms with van der Waals surface area (Å²) in [4.78, 5) is 21.9. The fourth-order valence-corrected chi connectivity index (χ4v) is 1.04. The molecule has 70 valence electrons. The number of hydrogen-bond acceptors (Lipinski definition) is 3. The van der Waals surface area contributed by atoms with E-state index in [0.717, 1.165) is 12.8 Å². The standard InChI is InChI=1S/C10H12O3/c1-3-4-5-6-8-7(2)9(11)13-10(8)12/h5-6H,3-4H2,1-2H3/b6-5+. The molecule has 0 N–H and O–H groups in total. The van der Waals surface area contributed by atoms with Crippen LogP contribution in [0.2, 0.25) is 0 Å². The summed E-state index contributed by atoms with van der Waals surface area (Å²) >= 11 is 0. The summed E-state index contributed by atoms with van der Waals surface area (Å²) in [5, 5.41) is 0. The molecule has 0 saturated carbocycles. The van der Waals surface area contributed by atoms with Gasteiger partial charge in [-0.3, -0.25) is 0 Å². The Balaban J connectivity index is 2.78. The molecule has 0 bridgehead atoms. The molecular weight excluding hydrogens is 168 g/mol. The number of rotatable bonds is 3. The van der Waals surface area contributed by atoms with Gasteiger partial charge in [-0.05, 0) is 13.3 Å². The van der Waals surface area contributed by atoms with Crippen LogP contribution in [-0.4, -0.2) is 11.9 Å². The first kappa shape index (κ1) is 9.71. The van der Waals surface area contributed by atoms with Crippen LogP contribution in [-0.2, 0) is 14.3 Å². The maximum absolute atomic E-state index is 11.0. The molecule has 13 heavy (non-hydrogen) atoms. The highest BCUT2D eigenvalue weighted by Gasteiger charge is 2.27. The second-order valence-electron chi connectivity index (χ2n) is 2.91. The highest BCUT2D eigenvalue weighted by molar-refractivity contribution is 6.13. The monoisotopic (exact) mass is 180 g/mol. The lowest BCUT2D eigenvalue weighted by molar-refractivity contribution is -0.150. The molecule has 0 aromatic heterocycles. The first-order valence-corrected chi connectivity index (χ1v) is 4.30. The number of unbranched alkanes of at least 4 members (excludes halogenated alkanes) is 1. The van der Waals surface area contributed by atoms with Gasteiger partial charge in [0.2, 0.25) is 0 Å². The Bertz CT molecular complexity index is 297. The third-order valence-corrected chi connectivity index (χ3v) is 1.86. The van der Waals surface area contributed by atoms with Crippen molar-refractivity contribution in [1.82, 2.24) is 0 Å². The lowest BCUT2D eigenvalue weighted by atomic mass is 10.1. The van der Waals surface area contributed by atoms with Crippen LogP contribution in [0.1, 0.15) is 26.7 Å². The summed E-state index contributed by atoms with van der Waals surface area (Å²) in [5.41, 5.74) is 0.788. The van der Waals surface area contributed by atoms with Gasteiger partial charge in [0, 0.05) is 5.57 Å². The van der Waals surface area contributed by atoms with Crippen molar-refractivity contribution in [3.63, 3.8) is 0 Å². The van der Waals surface area contributed by atoms with E-state index in [1.807, 2.05) is 13.0 Å². The predicted octanol–water partition coefficient (Wildman–Crippen LogP) is 1.74. The van der Waals surface area contributed by atoms with Crippen molar-refractivity contribution >= 4 is 11.9 Å². The average molecular weight is 180 g/mol. The molecule has 0 spiro atoms. The number of ether oxygens (including phenoxy) is 1. The lowest BCUT2D eigenvalue weighted by Crippen LogP contribution is -2.00. The number of allylic oxidation sites excluding steroid dienone is 1. The molecule has 0 radical (unpaired) electrons. The topological polar surface area (TPSA) is 43.4 Å². The van der Waals surface area contributed by atoms with Crippen LogP contribution >= 0.6 is 0 Å². The minimum Gasteiger partial charge on any atom is -0.386 e. The molecule has 3 heteroatoms. The molecule has 0 saturated heterocycles. The van der Waals surface area contributed by atoms with Crippen molar-refractivity contribution in [3.05, 3.63) is 23.3 Å². The van der Waals surface area contributed by atoms with Crippen LogP contribution in [0.5, 0.6) is 0 Å². The maximum Gasteiger partial charge on any atom is 0.346 e. The predicted molar refractivity (Wildman–Crippen MR) is 47.8 cm³/mol. The minimum absolute atomic E-state index is 0.387. The summed E-state index contributed by atoms with van der Waals surface area (Å²) < 4.78 is 4.41. The fourth-order valence-electron chi connectivity index (χ4n) is 1.04. The molecule has 0 fully saturated rings. The van der Waals surface area contributed by atoms with E-state index in [1.54, 1.807) is 13.0 Å². The second-order valence-corrected chi connectivity index (χ2v) is 2.91. The van der Waals surface area contributed by atoms with Gasteiger partial charge in [0.15, 0.2) is 0 Å². The van der Waals surface area contributed by atoms with E-state index >= 15 is 0 Å². The van der Waals surface area contributed by atoms with Crippen molar-refractivity contribution in [2.24, 2.45) is 0 Å². The Kier molecular flexibility index (Phi) is 3.01. The average Bonchev–Trinajstić information content (AvgIpc) is 2.32. The molecule has 0 aromatic carbocycles. The first-order valence-electron chi connectivity index (χ1n) is 4.30. The highest BCUT2D eigenvalue weighted by atomic mass is 16.6. The van der Waals surface area contributed by atoms with Gasteiger partial charge >= 0.3 is 11.9 Å². The van der Waals surface area contributed by atoms with Gasteiger partial charge in [-0.25, -0.2) is 9.59 Å². The number of hydrogen-bond donors (Lipinski definition) is 0. The second kappa shape index (κ2) is 4.03. The van der Waals surface area contributed by atoms with Gasteiger partial charge in [-0.2, -0.15) is 0 Å². The van der Waals surface area contributed by atoms with Crippen molar-refractivity contribution in [2.45, 2.75) is 26.7 Å². The molecule has 0 aromatic rings. The SMILES string of the molecule is CCC/C=C/C1=C(C)C(=O)OC1=O. The van der Waals surface area contributed by atoms with Crippen molar-refractivity contribution < 1.29 is 14.3 Å². The summed E-state index contributed by atoms with van der Waals surface area (Å²) in [6.07, 6.45) is 5.45. The smallest absolute Gasteiger partial charge is 0.346 e. The molecule has 1 aliphatic rings. The molecule has 0 atom stereocenters. The molecule has 1 aliphatic heterocycles. The summed E-state index contributed by atoms with van der Waals surface area (Å²) in [6.45, 7) is 3.64. The van der Waals surface area contributed by atoms with Gasteiger partial charge in [0.05, 0.1) is 5.57 Å². The largest absolute Gasteiger partial charge is 0.386 e. The maximum atomic E-state index is 11.0. The van der Waals surface area contributed by atoms with E-state index in [-0.39, 0.29) is 0 Å². The number of carbonyl (C=O) groups is 2. The summed E-state index contributed by atoms with van der Waals surface area (Å²) in [6, 6.07) is 0. The number of carbonyl (C=O) groups excluding carboxylic acids is 2. The Morgan fingerprint density at radius 2 is 2.00 bits per heavy atom. The zero-order valence-corrected chi connectivity index (χ0v) is 7.79. The molecule has 0 unspecified atom stereocenters. The van der Waals surface area contributed by atoms with Crippen LogP contribution in [0.4, 0.5) is 0 Å². The molecule has 0 aliphatic carbocycles.